The van der Waals surface area contributed by atoms with Gasteiger partial charge in [-0.15, -0.1) is 0 Å². The van der Waals surface area contributed by atoms with Gasteiger partial charge in [0.15, 0.2) is 11.6 Å². The largest absolute Gasteiger partial charge is 0.373 e. The molecule has 0 saturated heterocycles. The summed E-state index contributed by atoms with van der Waals surface area (Å²) < 4.78 is 4.73. The summed E-state index contributed by atoms with van der Waals surface area (Å²) in [5.74, 6) is 0.987. The molecule has 4 aromatic rings. The maximum Gasteiger partial charge on any atom is 0.245 e. The SMILES string of the molecule is CN(CCNc1nc2nonc2nc1Nc1ccc(Cl)c(Cl)c1)c1ccncc1. The highest BCUT2D eigenvalue weighted by atomic mass is 35.5. The smallest absolute Gasteiger partial charge is 0.245 e. The Hall–Kier alpha value is -3.17. The van der Waals surface area contributed by atoms with Gasteiger partial charge in [0.2, 0.25) is 11.3 Å². The van der Waals surface area contributed by atoms with Crippen molar-refractivity contribution in [2.45, 2.75) is 0 Å². The van der Waals surface area contributed by atoms with Crippen LogP contribution in [0.5, 0.6) is 0 Å². The van der Waals surface area contributed by atoms with Crippen LogP contribution in [0.25, 0.3) is 11.3 Å². The van der Waals surface area contributed by atoms with Gasteiger partial charge in [0, 0.05) is 43.9 Å². The summed E-state index contributed by atoms with van der Waals surface area (Å²) in [6.07, 6.45) is 3.52. The van der Waals surface area contributed by atoms with Crippen molar-refractivity contribution < 1.29 is 4.63 Å². The molecule has 2 N–H and O–H groups in total. The van der Waals surface area contributed by atoms with Crippen LogP contribution >= 0.6 is 23.2 Å². The van der Waals surface area contributed by atoms with Crippen molar-refractivity contribution in [1.82, 2.24) is 25.3 Å². The molecule has 0 saturated carbocycles. The zero-order valence-electron chi connectivity index (χ0n) is 15.3. The van der Waals surface area contributed by atoms with Crippen LogP contribution in [0.3, 0.4) is 0 Å². The van der Waals surface area contributed by atoms with Gasteiger partial charge in [-0.1, -0.05) is 23.2 Å². The minimum Gasteiger partial charge on any atom is -0.373 e. The molecule has 148 valence electrons. The lowest BCUT2D eigenvalue weighted by Crippen LogP contribution is -2.25. The van der Waals surface area contributed by atoms with Crippen LogP contribution < -0.4 is 15.5 Å². The Balaban J connectivity index is 1.52. The van der Waals surface area contributed by atoms with E-state index in [9.17, 15) is 0 Å². The average Bonchev–Trinajstić information content (AvgIpc) is 3.18. The molecule has 9 nitrogen and oxygen atoms in total. The molecule has 1 aromatic carbocycles. The summed E-state index contributed by atoms with van der Waals surface area (Å²) in [6, 6.07) is 9.10. The second kappa shape index (κ2) is 8.46. The number of nitrogens with one attached hydrogen (secondary N) is 2. The zero-order chi connectivity index (χ0) is 20.2. The van der Waals surface area contributed by atoms with E-state index in [2.05, 4.69) is 40.8 Å². The number of halogens is 2. The van der Waals surface area contributed by atoms with Gasteiger partial charge in [-0.3, -0.25) is 4.98 Å². The number of hydrogen-bond acceptors (Lipinski definition) is 9. The summed E-state index contributed by atoms with van der Waals surface area (Å²) >= 11 is 12.1. The van der Waals surface area contributed by atoms with Crippen molar-refractivity contribution in [3.05, 3.63) is 52.8 Å². The van der Waals surface area contributed by atoms with Crippen LogP contribution in [0.15, 0.2) is 47.4 Å². The molecule has 0 atom stereocenters. The first kappa shape index (κ1) is 19.2. The number of pyridine rings is 1. The van der Waals surface area contributed by atoms with Gasteiger partial charge in [-0.05, 0) is 40.6 Å². The van der Waals surface area contributed by atoms with Crippen molar-refractivity contribution in [2.75, 3.05) is 35.7 Å². The topological polar surface area (TPSA) is 105 Å². The summed E-state index contributed by atoms with van der Waals surface area (Å²) in [6.45, 7) is 1.34. The van der Waals surface area contributed by atoms with E-state index in [4.69, 9.17) is 27.8 Å². The number of benzene rings is 1. The maximum absolute atomic E-state index is 6.10. The lowest BCUT2D eigenvalue weighted by atomic mass is 10.3. The first-order valence-corrected chi connectivity index (χ1v) is 9.43. The quantitative estimate of drug-likeness (QED) is 0.449. The van der Waals surface area contributed by atoms with Crippen LogP contribution in [-0.2, 0) is 0 Å². The maximum atomic E-state index is 6.10. The molecule has 11 heteroatoms. The Kier molecular flexibility index (Phi) is 5.59. The van der Waals surface area contributed by atoms with Crippen LogP contribution in [0, 0.1) is 0 Å². The molecule has 29 heavy (non-hydrogen) atoms. The van der Waals surface area contributed by atoms with Crippen molar-refractivity contribution in [1.29, 1.82) is 0 Å². The van der Waals surface area contributed by atoms with E-state index < -0.39 is 0 Å². The van der Waals surface area contributed by atoms with Gasteiger partial charge in [0.1, 0.15) is 0 Å². The van der Waals surface area contributed by atoms with E-state index in [1.807, 2.05) is 19.2 Å². The minimum atomic E-state index is 0.298. The van der Waals surface area contributed by atoms with E-state index in [1.165, 1.54) is 0 Å². The fraction of sp³-hybridized carbons (Fsp3) is 0.167. The second-order valence-corrected chi connectivity index (χ2v) is 6.95. The summed E-state index contributed by atoms with van der Waals surface area (Å²) in [5.41, 5.74) is 2.39. The predicted octanol–water partition coefficient (Wildman–Crippen LogP) is 4.01. The monoisotopic (exact) mass is 430 g/mol. The van der Waals surface area contributed by atoms with E-state index in [0.717, 1.165) is 12.2 Å². The van der Waals surface area contributed by atoms with Crippen molar-refractivity contribution in [2.24, 2.45) is 0 Å². The van der Waals surface area contributed by atoms with Gasteiger partial charge < -0.3 is 15.5 Å². The van der Waals surface area contributed by atoms with Gasteiger partial charge in [0.25, 0.3) is 0 Å². The first-order chi connectivity index (χ1) is 14.1. The summed E-state index contributed by atoms with van der Waals surface area (Å²) in [7, 11) is 2.00. The fourth-order valence-electron chi connectivity index (χ4n) is 2.63. The Bertz CT molecular complexity index is 1120. The zero-order valence-corrected chi connectivity index (χ0v) is 16.8. The van der Waals surface area contributed by atoms with Gasteiger partial charge in [0.05, 0.1) is 10.0 Å². The number of anilines is 4. The average molecular weight is 431 g/mol. The lowest BCUT2D eigenvalue weighted by molar-refractivity contribution is 0.314. The normalized spacial score (nSPS) is 10.9. The van der Waals surface area contributed by atoms with Crippen molar-refractivity contribution in [3.63, 3.8) is 0 Å². The third-order valence-electron chi connectivity index (χ3n) is 4.14. The highest BCUT2D eigenvalue weighted by Crippen LogP contribution is 2.29. The molecule has 0 bridgehead atoms. The predicted molar refractivity (Wildman–Crippen MR) is 113 cm³/mol. The van der Waals surface area contributed by atoms with Crippen LogP contribution in [0.1, 0.15) is 0 Å². The first-order valence-electron chi connectivity index (χ1n) is 8.67. The molecule has 3 heterocycles. The molecule has 4 rings (SSSR count). The van der Waals surface area contributed by atoms with E-state index in [-0.39, 0.29) is 0 Å². The number of hydrogen-bond donors (Lipinski definition) is 2. The Labute approximate surface area is 176 Å². The molecular weight excluding hydrogens is 415 g/mol. The molecule has 0 aliphatic heterocycles. The van der Waals surface area contributed by atoms with Crippen LogP contribution in [-0.4, -0.2) is 45.4 Å². The number of aromatic nitrogens is 5. The highest BCUT2D eigenvalue weighted by Gasteiger charge is 2.13. The molecule has 0 aliphatic rings. The molecule has 0 spiro atoms. The Morgan fingerprint density at radius 2 is 1.69 bits per heavy atom. The van der Waals surface area contributed by atoms with E-state index >= 15 is 0 Å². The van der Waals surface area contributed by atoms with E-state index in [0.29, 0.717) is 45.2 Å². The van der Waals surface area contributed by atoms with Gasteiger partial charge in [-0.2, -0.15) is 0 Å². The molecule has 0 radical (unpaired) electrons. The number of likely N-dealkylation sites (N-methyl/N-ethyl adjacent to an activating group) is 1. The molecular formula is C18H16Cl2N8O. The van der Waals surface area contributed by atoms with Crippen molar-refractivity contribution >= 4 is 57.5 Å². The highest BCUT2D eigenvalue weighted by molar-refractivity contribution is 6.42. The minimum absolute atomic E-state index is 0.298. The molecule has 0 aliphatic carbocycles. The van der Waals surface area contributed by atoms with Crippen LogP contribution in [0.4, 0.5) is 23.0 Å². The fourth-order valence-corrected chi connectivity index (χ4v) is 2.93. The Morgan fingerprint density at radius 1 is 0.966 bits per heavy atom. The number of nitrogens with zero attached hydrogens (tertiary/aromatic N) is 6. The third kappa shape index (κ3) is 4.47. The Morgan fingerprint density at radius 3 is 2.41 bits per heavy atom. The van der Waals surface area contributed by atoms with Crippen molar-refractivity contribution in [3.8, 4) is 0 Å². The molecule has 0 amide bonds. The molecule has 3 aromatic heterocycles. The third-order valence-corrected chi connectivity index (χ3v) is 4.88. The van der Waals surface area contributed by atoms with E-state index in [1.54, 1.807) is 30.6 Å². The van der Waals surface area contributed by atoms with Crippen LogP contribution in [0.2, 0.25) is 10.0 Å². The molecule has 0 fully saturated rings. The molecule has 0 unspecified atom stereocenters. The van der Waals surface area contributed by atoms with Gasteiger partial charge >= 0.3 is 0 Å². The second-order valence-electron chi connectivity index (χ2n) is 6.14. The lowest BCUT2D eigenvalue weighted by Gasteiger charge is -2.19. The standard InChI is InChI=1S/C18H16Cl2N8O/c1-28(12-4-6-21-7-5-12)9-8-22-15-16(25-18-17(24-15)26-29-27-18)23-11-2-3-13(19)14(20)10-11/h2-7,10H,8-9H2,1H3,(H,22,24,26)(H,23,25,27). The summed E-state index contributed by atoms with van der Waals surface area (Å²) in [5, 5.41) is 14.9. The number of fused-ring (bicyclic) bond motifs is 1. The number of rotatable bonds is 7. The summed E-state index contributed by atoms with van der Waals surface area (Å²) in [4.78, 5) is 15.0. The van der Waals surface area contributed by atoms with Gasteiger partial charge in [-0.25, -0.2) is 14.6 Å².